The molecular formula is C18H30N4O2. The van der Waals surface area contributed by atoms with E-state index in [1.165, 1.54) is 0 Å². The molecule has 24 heavy (non-hydrogen) atoms. The summed E-state index contributed by atoms with van der Waals surface area (Å²) in [5, 5.41) is 0. The van der Waals surface area contributed by atoms with Crippen LogP contribution < -0.4 is 4.90 Å². The number of anilines is 1. The average molecular weight is 334 g/mol. The van der Waals surface area contributed by atoms with E-state index in [9.17, 15) is 4.79 Å². The van der Waals surface area contributed by atoms with Gasteiger partial charge < -0.3 is 14.5 Å². The first-order valence-electron chi connectivity index (χ1n) is 8.71. The normalized spacial score (nSPS) is 18.9. The van der Waals surface area contributed by atoms with Gasteiger partial charge in [-0.05, 0) is 40.0 Å². The molecule has 1 aromatic heterocycles. The van der Waals surface area contributed by atoms with Gasteiger partial charge in [-0.1, -0.05) is 13.8 Å². The molecule has 0 aromatic carbocycles. The van der Waals surface area contributed by atoms with Crippen LogP contribution >= 0.6 is 0 Å². The van der Waals surface area contributed by atoms with Crippen molar-refractivity contribution in [1.29, 1.82) is 0 Å². The van der Waals surface area contributed by atoms with Crippen LogP contribution in [0.3, 0.4) is 0 Å². The lowest BCUT2D eigenvalue weighted by Gasteiger charge is -2.40. The average Bonchev–Trinajstić information content (AvgIpc) is 2.44. The molecule has 134 valence electrons. The standard InChI is InChI=1S/C18H30N4O2/c1-13(2)9-15-10-16(20-12-19-15)22-8-7-21(11-14(22)3)17(23)24-18(4,5)6/h10,12-14H,7-9,11H2,1-6H3/t14-/m1/s1. The Morgan fingerprint density at radius 3 is 2.62 bits per heavy atom. The number of nitrogens with zero attached hydrogens (tertiary/aromatic N) is 4. The van der Waals surface area contributed by atoms with Crippen LogP contribution in [0.1, 0.15) is 47.2 Å². The lowest BCUT2D eigenvalue weighted by Crippen LogP contribution is -2.54. The Balaban J connectivity index is 2.02. The van der Waals surface area contributed by atoms with Crippen molar-refractivity contribution in [3.63, 3.8) is 0 Å². The maximum atomic E-state index is 12.2. The molecule has 0 aliphatic carbocycles. The van der Waals surface area contributed by atoms with Crippen LogP contribution in [0.4, 0.5) is 10.6 Å². The first-order valence-corrected chi connectivity index (χ1v) is 8.71. The van der Waals surface area contributed by atoms with E-state index in [0.29, 0.717) is 19.0 Å². The van der Waals surface area contributed by atoms with Crippen molar-refractivity contribution in [3.05, 3.63) is 18.1 Å². The fourth-order valence-corrected chi connectivity index (χ4v) is 2.86. The Bertz CT molecular complexity index is 568. The van der Waals surface area contributed by atoms with Gasteiger partial charge in [-0.2, -0.15) is 0 Å². The zero-order valence-corrected chi connectivity index (χ0v) is 15.7. The quantitative estimate of drug-likeness (QED) is 0.850. The molecule has 6 nitrogen and oxygen atoms in total. The van der Waals surface area contributed by atoms with Gasteiger partial charge in [0.05, 0.1) is 0 Å². The number of piperazine rings is 1. The van der Waals surface area contributed by atoms with Crippen molar-refractivity contribution in [2.45, 2.75) is 59.6 Å². The summed E-state index contributed by atoms with van der Waals surface area (Å²) in [4.78, 5) is 25.1. The van der Waals surface area contributed by atoms with Gasteiger partial charge in [-0.15, -0.1) is 0 Å². The Kier molecular flexibility index (Phi) is 5.67. The lowest BCUT2D eigenvalue weighted by molar-refractivity contribution is 0.0218. The number of aromatic nitrogens is 2. The van der Waals surface area contributed by atoms with Crippen LogP contribution in [0.25, 0.3) is 0 Å². The third-order valence-corrected chi connectivity index (χ3v) is 3.90. The van der Waals surface area contributed by atoms with Crippen LogP contribution in [-0.4, -0.2) is 52.2 Å². The van der Waals surface area contributed by atoms with Gasteiger partial charge in [-0.3, -0.25) is 0 Å². The van der Waals surface area contributed by atoms with Crippen molar-refractivity contribution in [3.8, 4) is 0 Å². The largest absolute Gasteiger partial charge is 0.444 e. The molecule has 1 amide bonds. The van der Waals surface area contributed by atoms with E-state index in [1.54, 1.807) is 11.2 Å². The Morgan fingerprint density at radius 1 is 1.33 bits per heavy atom. The van der Waals surface area contributed by atoms with E-state index in [1.807, 2.05) is 20.8 Å². The summed E-state index contributed by atoms with van der Waals surface area (Å²) >= 11 is 0. The van der Waals surface area contributed by atoms with Gasteiger partial charge in [0.1, 0.15) is 17.7 Å². The van der Waals surface area contributed by atoms with Crippen molar-refractivity contribution in [1.82, 2.24) is 14.9 Å². The maximum Gasteiger partial charge on any atom is 0.410 e. The molecule has 0 N–H and O–H groups in total. The number of amides is 1. The molecule has 6 heteroatoms. The Morgan fingerprint density at radius 2 is 2.04 bits per heavy atom. The number of hydrogen-bond acceptors (Lipinski definition) is 5. The van der Waals surface area contributed by atoms with Crippen LogP contribution in [0.2, 0.25) is 0 Å². The number of carbonyl (C=O) groups is 1. The zero-order chi connectivity index (χ0) is 17.9. The second kappa shape index (κ2) is 7.36. The summed E-state index contributed by atoms with van der Waals surface area (Å²) in [5.41, 5.74) is 0.604. The first kappa shape index (κ1) is 18.5. The molecule has 0 radical (unpaired) electrons. The molecule has 2 heterocycles. The fourth-order valence-electron chi connectivity index (χ4n) is 2.86. The molecule has 1 atom stereocenters. The highest BCUT2D eigenvalue weighted by atomic mass is 16.6. The molecule has 0 saturated carbocycles. The highest BCUT2D eigenvalue weighted by Gasteiger charge is 2.30. The van der Waals surface area contributed by atoms with E-state index in [0.717, 1.165) is 24.5 Å². The molecule has 1 aliphatic rings. The van der Waals surface area contributed by atoms with E-state index in [2.05, 4.69) is 41.7 Å². The molecule has 0 spiro atoms. The molecule has 1 aromatic rings. The smallest absolute Gasteiger partial charge is 0.410 e. The van der Waals surface area contributed by atoms with Gasteiger partial charge in [0.25, 0.3) is 0 Å². The fraction of sp³-hybridized carbons (Fsp3) is 0.722. The Labute approximate surface area is 145 Å². The molecule has 0 bridgehead atoms. The second-order valence-electron chi connectivity index (χ2n) is 7.93. The highest BCUT2D eigenvalue weighted by Crippen LogP contribution is 2.21. The van der Waals surface area contributed by atoms with Crippen LogP contribution in [0.5, 0.6) is 0 Å². The number of hydrogen-bond donors (Lipinski definition) is 0. The van der Waals surface area contributed by atoms with Crippen molar-refractivity contribution in [2.75, 3.05) is 24.5 Å². The third-order valence-electron chi connectivity index (χ3n) is 3.90. The highest BCUT2D eigenvalue weighted by molar-refractivity contribution is 5.68. The number of ether oxygens (including phenoxy) is 1. The first-order chi connectivity index (χ1) is 11.2. The van der Waals surface area contributed by atoms with Crippen molar-refractivity contribution in [2.24, 2.45) is 5.92 Å². The van der Waals surface area contributed by atoms with Crippen molar-refractivity contribution >= 4 is 11.9 Å². The lowest BCUT2D eigenvalue weighted by atomic mass is 10.1. The number of carbonyl (C=O) groups excluding carboxylic acids is 1. The van der Waals surface area contributed by atoms with Crippen molar-refractivity contribution < 1.29 is 9.53 Å². The summed E-state index contributed by atoms with van der Waals surface area (Å²) in [6.07, 6.45) is 2.35. The summed E-state index contributed by atoms with van der Waals surface area (Å²) < 4.78 is 5.47. The molecule has 1 aliphatic heterocycles. The summed E-state index contributed by atoms with van der Waals surface area (Å²) in [7, 11) is 0. The minimum absolute atomic E-state index is 0.188. The van der Waals surface area contributed by atoms with E-state index in [4.69, 9.17) is 4.74 Å². The topological polar surface area (TPSA) is 58.6 Å². The maximum absolute atomic E-state index is 12.2. The molecular weight excluding hydrogens is 304 g/mol. The zero-order valence-electron chi connectivity index (χ0n) is 15.7. The summed E-state index contributed by atoms with van der Waals surface area (Å²) in [5.74, 6) is 1.51. The van der Waals surface area contributed by atoms with E-state index < -0.39 is 5.60 Å². The third kappa shape index (κ3) is 5.08. The summed E-state index contributed by atoms with van der Waals surface area (Å²) in [6.45, 7) is 14.2. The molecule has 1 fully saturated rings. The van der Waals surface area contributed by atoms with Crippen LogP contribution in [0, 0.1) is 5.92 Å². The predicted octanol–water partition coefficient (Wildman–Crippen LogP) is 3.12. The molecule has 2 rings (SSSR count). The SMILES string of the molecule is CC(C)Cc1cc(N2CCN(C(=O)OC(C)(C)C)C[C@H]2C)ncn1. The van der Waals surface area contributed by atoms with Gasteiger partial charge in [-0.25, -0.2) is 14.8 Å². The summed E-state index contributed by atoms with van der Waals surface area (Å²) in [6, 6.07) is 2.26. The number of rotatable bonds is 3. The monoisotopic (exact) mass is 334 g/mol. The van der Waals surface area contributed by atoms with Gasteiger partial charge in [0, 0.05) is 37.4 Å². The minimum Gasteiger partial charge on any atom is -0.444 e. The van der Waals surface area contributed by atoms with Gasteiger partial charge in [0.2, 0.25) is 0 Å². The van der Waals surface area contributed by atoms with E-state index in [-0.39, 0.29) is 12.1 Å². The second-order valence-corrected chi connectivity index (χ2v) is 7.93. The molecule has 1 saturated heterocycles. The minimum atomic E-state index is -0.462. The Hall–Kier alpha value is -1.85. The van der Waals surface area contributed by atoms with Crippen LogP contribution in [-0.2, 0) is 11.2 Å². The van der Waals surface area contributed by atoms with Gasteiger partial charge in [0.15, 0.2) is 0 Å². The van der Waals surface area contributed by atoms with Crippen LogP contribution in [0.15, 0.2) is 12.4 Å². The molecule has 0 unspecified atom stereocenters. The van der Waals surface area contributed by atoms with E-state index >= 15 is 0 Å². The predicted molar refractivity (Wildman–Crippen MR) is 95.2 cm³/mol. The van der Waals surface area contributed by atoms with Gasteiger partial charge >= 0.3 is 6.09 Å².